The van der Waals surface area contributed by atoms with Crippen LogP contribution in [0.2, 0.25) is 0 Å². The Kier molecular flexibility index (Phi) is 13.5. The number of hydrogen-bond donors (Lipinski definition) is 3. The van der Waals surface area contributed by atoms with E-state index in [1.807, 2.05) is 63.2 Å². The lowest BCUT2D eigenvalue weighted by molar-refractivity contribution is -0.140. The van der Waals surface area contributed by atoms with Crippen molar-refractivity contribution in [1.82, 2.24) is 0 Å². The van der Waals surface area contributed by atoms with E-state index in [4.69, 9.17) is 21.3 Å². The fourth-order valence-corrected chi connectivity index (χ4v) is 3.12. The molecule has 180 valence electrons. The average Bonchev–Trinajstić information content (AvgIpc) is 2.72. The Morgan fingerprint density at radius 1 is 1.00 bits per heavy atom. The zero-order valence-corrected chi connectivity index (χ0v) is 19.8. The van der Waals surface area contributed by atoms with Crippen molar-refractivity contribution >= 4 is 36.4 Å². The first kappa shape index (κ1) is 29.9. The van der Waals surface area contributed by atoms with E-state index in [2.05, 4.69) is 0 Å². The third-order valence-electron chi connectivity index (χ3n) is 4.61. The van der Waals surface area contributed by atoms with E-state index in [1.165, 1.54) is 0 Å². The minimum Gasteiger partial charge on any atom is -0.480 e. The molecular weight excluding hydrogens is 448 g/mol. The van der Waals surface area contributed by atoms with E-state index in [9.17, 15) is 19.2 Å². The van der Waals surface area contributed by atoms with E-state index >= 15 is 0 Å². The summed E-state index contributed by atoms with van der Waals surface area (Å²) >= 11 is 0. The second kappa shape index (κ2) is 14.9. The van der Waals surface area contributed by atoms with Crippen LogP contribution >= 0.6 is 12.4 Å². The lowest BCUT2D eigenvalue weighted by atomic mass is 9.99. The summed E-state index contributed by atoms with van der Waals surface area (Å²) in [5.41, 5.74) is 15.3. The minimum absolute atomic E-state index is 0. The Morgan fingerprint density at radius 3 is 2.03 bits per heavy atom. The molecule has 0 bridgehead atoms. The SMILES string of the molecule is Cc1cc(C)c(C(=O)OCC=O)c(C)c1.Cl.NC(Cc1ccccc1)C(=O)C[C@H](N)C(=O)O. The quantitative estimate of drug-likeness (QED) is 0.367. The molecule has 1 unspecified atom stereocenters. The second-order valence-electron chi connectivity index (χ2n) is 7.45. The van der Waals surface area contributed by atoms with Crippen molar-refractivity contribution in [3.8, 4) is 0 Å². The highest BCUT2D eigenvalue weighted by molar-refractivity contribution is 5.93. The third kappa shape index (κ3) is 10.4. The summed E-state index contributed by atoms with van der Waals surface area (Å²) in [5, 5.41) is 8.58. The Labute approximate surface area is 199 Å². The standard InChI is InChI=1S/C12H16N2O3.C12H14O3.ClH/c13-9(6-8-4-2-1-3-5-8)11(15)7-10(14)12(16)17;1-8-6-9(2)11(10(3)7-8)12(14)15-5-4-13;/h1-5,9-10H,6-7,13-14H2,(H,16,17);4,6-7H,5H2,1-3H3;1H/t9?,10-;;/m0../s1. The highest BCUT2D eigenvalue weighted by Gasteiger charge is 2.21. The van der Waals surface area contributed by atoms with Gasteiger partial charge in [0.25, 0.3) is 0 Å². The molecular formula is C24H31ClN2O6. The lowest BCUT2D eigenvalue weighted by Gasteiger charge is -2.12. The molecule has 0 amide bonds. The molecule has 0 spiro atoms. The maximum atomic E-state index is 11.6. The summed E-state index contributed by atoms with van der Waals surface area (Å²) in [7, 11) is 0. The summed E-state index contributed by atoms with van der Waals surface area (Å²) in [6.45, 7) is 5.50. The number of esters is 1. The molecule has 8 nitrogen and oxygen atoms in total. The molecule has 9 heteroatoms. The van der Waals surface area contributed by atoms with Crippen molar-refractivity contribution < 1.29 is 29.0 Å². The number of hydrogen-bond acceptors (Lipinski definition) is 7. The van der Waals surface area contributed by atoms with Crippen LogP contribution in [0, 0.1) is 20.8 Å². The van der Waals surface area contributed by atoms with Gasteiger partial charge in [-0.25, -0.2) is 4.79 Å². The first-order chi connectivity index (χ1) is 15.1. The van der Waals surface area contributed by atoms with Crippen LogP contribution in [0.1, 0.15) is 39.0 Å². The third-order valence-corrected chi connectivity index (χ3v) is 4.61. The molecule has 0 aliphatic carbocycles. The molecule has 5 N–H and O–H groups in total. The maximum absolute atomic E-state index is 11.6. The number of aryl methyl sites for hydroxylation is 3. The van der Waals surface area contributed by atoms with Gasteiger partial charge in [0.05, 0.1) is 11.6 Å². The molecule has 0 fully saturated rings. The van der Waals surface area contributed by atoms with E-state index in [0.29, 0.717) is 18.3 Å². The smallest absolute Gasteiger partial charge is 0.339 e. The fraction of sp³-hybridized carbons (Fsp3) is 0.333. The van der Waals surface area contributed by atoms with Crippen molar-refractivity contribution in [2.75, 3.05) is 6.61 Å². The van der Waals surface area contributed by atoms with Crippen LogP contribution in [-0.2, 0) is 25.5 Å². The molecule has 0 saturated heterocycles. The summed E-state index contributed by atoms with van der Waals surface area (Å²) in [4.78, 5) is 43.8. The number of carbonyl (C=O) groups excluding carboxylic acids is 3. The van der Waals surface area contributed by atoms with E-state index in [-0.39, 0.29) is 31.2 Å². The highest BCUT2D eigenvalue weighted by atomic mass is 35.5. The van der Waals surface area contributed by atoms with Crippen LogP contribution in [0.5, 0.6) is 0 Å². The summed E-state index contributed by atoms with van der Waals surface area (Å²) in [6.07, 6.45) is 0.728. The predicted octanol–water partition coefficient (Wildman–Crippen LogP) is 2.32. The van der Waals surface area contributed by atoms with Crippen molar-refractivity contribution in [3.63, 3.8) is 0 Å². The van der Waals surface area contributed by atoms with Crippen LogP contribution < -0.4 is 11.5 Å². The Hall–Kier alpha value is -3.07. The van der Waals surface area contributed by atoms with Gasteiger partial charge in [-0.15, -0.1) is 12.4 Å². The Morgan fingerprint density at radius 2 is 1.55 bits per heavy atom. The predicted molar refractivity (Wildman–Crippen MR) is 128 cm³/mol. The maximum Gasteiger partial charge on any atom is 0.339 e. The van der Waals surface area contributed by atoms with Crippen LogP contribution in [0.3, 0.4) is 0 Å². The monoisotopic (exact) mass is 478 g/mol. The zero-order valence-electron chi connectivity index (χ0n) is 18.9. The molecule has 2 rings (SSSR count). The van der Waals surface area contributed by atoms with Gasteiger partial charge in [-0.05, 0) is 43.9 Å². The van der Waals surface area contributed by atoms with Gasteiger partial charge in [-0.2, -0.15) is 0 Å². The molecule has 2 aromatic carbocycles. The van der Waals surface area contributed by atoms with Crippen molar-refractivity contribution in [3.05, 3.63) is 70.3 Å². The number of rotatable bonds is 9. The van der Waals surface area contributed by atoms with Crippen molar-refractivity contribution in [1.29, 1.82) is 0 Å². The van der Waals surface area contributed by atoms with Gasteiger partial charge < -0.3 is 21.3 Å². The first-order valence-electron chi connectivity index (χ1n) is 10.1. The van der Waals surface area contributed by atoms with E-state index in [1.54, 1.807) is 0 Å². The number of nitrogens with two attached hydrogens (primary N) is 2. The Bertz CT molecular complexity index is 926. The molecule has 2 atom stereocenters. The molecule has 0 heterocycles. The summed E-state index contributed by atoms with van der Waals surface area (Å²) in [5.74, 6) is -1.95. The van der Waals surface area contributed by atoms with Crippen LogP contribution in [-0.4, -0.2) is 47.8 Å². The van der Waals surface area contributed by atoms with Crippen LogP contribution in [0.25, 0.3) is 0 Å². The van der Waals surface area contributed by atoms with Gasteiger partial charge in [0.15, 0.2) is 12.1 Å². The average molecular weight is 479 g/mol. The summed E-state index contributed by atoms with van der Waals surface area (Å²) in [6, 6.07) is 11.3. The number of aldehydes is 1. The normalized spacial score (nSPS) is 11.7. The van der Waals surface area contributed by atoms with Gasteiger partial charge in [-0.3, -0.25) is 14.4 Å². The molecule has 0 aliphatic heterocycles. The minimum atomic E-state index is -1.19. The van der Waals surface area contributed by atoms with Crippen molar-refractivity contribution in [2.45, 2.75) is 45.7 Å². The lowest BCUT2D eigenvalue weighted by Crippen LogP contribution is -2.40. The van der Waals surface area contributed by atoms with Gasteiger partial charge in [0.2, 0.25) is 0 Å². The molecule has 0 aromatic heterocycles. The largest absolute Gasteiger partial charge is 0.480 e. The molecule has 2 aromatic rings. The zero-order chi connectivity index (χ0) is 24.3. The van der Waals surface area contributed by atoms with Crippen LogP contribution in [0.15, 0.2) is 42.5 Å². The summed E-state index contributed by atoms with van der Waals surface area (Å²) < 4.78 is 4.77. The highest BCUT2D eigenvalue weighted by Crippen LogP contribution is 2.17. The number of ketones is 1. The van der Waals surface area contributed by atoms with Gasteiger partial charge >= 0.3 is 11.9 Å². The number of carboxylic acid groups (broad SMARTS) is 1. The first-order valence-corrected chi connectivity index (χ1v) is 10.1. The number of halogens is 1. The number of ether oxygens (including phenoxy) is 1. The van der Waals surface area contributed by atoms with Gasteiger partial charge in [0, 0.05) is 6.42 Å². The van der Waals surface area contributed by atoms with Gasteiger partial charge in [-0.1, -0.05) is 48.0 Å². The molecule has 0 saturated carbocycles. The number of carboxylic acids is 1. The van der Waals surface area contributed by atoms with E-state index in [0.717, 1.165) is 22.3 Å². The molecule has 33 heavy (non-hydrogen) atoms. The van der Waals surface area contributed by atoms with Crippen LogP contribution in [0.4, 0.5) is 0 Å². The molecule has 0 radical (unpaired) electrons. The number of carbonyl (C=O) groups is 4. The van der Waals surface area contributed by atoms with E-state index < -0.39 is 24.0 Å². The fourth-order valence-electron chi connectivity index (χ4n) is 3.12. The topological polar surface area (TPSA) is 150 Å². The second-order valence-corrected chi connectivity index (χ2v) is 7.45. The van der Waals surface area contributed by atoms with Gasteiger partial charge in [0.1, 0.15) is 12.6 Å². The van der Waals surface area contributed by atoms with Crippen molar-refractivity contribution in [2.24, 2.45) is 11.5 Å². The number of aliphatic carboxylic acids is 1. The molecule has 0 aliphatic rings. The number of benzene rings is 2. The number of Topliss-reactive ketones (excluding diaryl/α,β-unsaturated/α-hetero) is 1. The Balaban J connectivity index is 0.000000607.